The van der Waals surface area contributed by atoms with Crippen molar-refractivity contribution in [2.45, 2.75) is 13.8 Å². The predicted molar refractivity (Wildman–Crippen MR) is 90.4 cm³/mol. The second-order valence-corrected chi connectivity index (χ2v) is 4.84. The Bertz CT molecular complexity index is 724. The van der Waals surface area contributed by atoms with Crippen LogP contribution in [0.15, 0.2) is 42.5 Å². The van der Waals surface area contributed by atoms with Crippen LogP contribution in [0, 0.1) is 12.7 Å². The number of ether oxygens (including phenoxy) is 1. The molecule has 2 aromatic carbocycles. The van der Waals surface area contributed by atoms with Crippen LogP contribution in [0.1, 0.15) is 25.7 Å². The first-order chi connectivity index (χ1) is 11.0. The van der Waals surface area contributed by atoms with Crippen molar-refractivity contribution in [1.82, 2.24) is 0 Å². The Morgan fingerprint density at radius 3 is 2.43 bits per heavy atom. The zero-order valence-electron chi connectivity index (χ0n) is 12.9. The SMILES string of the molecule is CCOC(=O)c1ccc(NC(=O)Nc2ccc(F)cc2C)cc1.[HH].[HH]. The Labute approximate surface area is 136 Å². The molecule has 124 valence electrons. The average Bonchev–Trinajstić information content (AvgIpc) is 2.51. The lowest BCUT2D eigenvalue weighted by Crippen LogP contribution is -2.20. The number of amides is 2. The van der Waals surface area contributed by atoms with Crippen molar-refractivity contribution in [3.05, 3.63) is 59.4 Å². The molecule has 0 heterocycles. The van der Waals surface area contributed by atoms with Gasteiger partial charge in [-0.2, -0.15) is 0 Å². The Kier molecular flexibility index (Phi) is 5.30. The molecule has 0 aliphatic carbocycles. The Morgan fingerprint density at radius 2 is 1.83 bits per heavy atom. The first-order valence-electron chi connectivity index (χ1n) is 7.11. The molecular weight excluding hydrogens is 299 g/mol. The Balaban J connectivity index is 0.00000288. The minimum Gasteiger partial charge on any atom is -0.462 e. The summed E-state index contributed by atoms with van der Waals surface area (Å²) in [4.78, 5) is 23.5. The number of rotatable bonds is 4. The van der Waals surface area contributed by atoms with E-state index in [2.05, 4.69) is 10.6 Å². The van der Waals surface area contributed by atoms with E-state index in [4.69, 9.17) is 4.74 Å². The average molecular weight is 320 g/mol. The first kappa shape index (κ1) is 16.5. The Hall–Kier alpha value is -2.89. The number of aryl methyl sites for hydroxylation is 1. The topological polar surface area (TPSA) is 67.4 Å². The number of esters is 1. The minimum absolute atomic E-state index is 0. The van der Waals surface area contributed by atoms with Gasteiger partial charge in [0.1, 0.15) is 5.82 Å². The van der Waals surface area contributed by atoms with Gasteiger partial charge in [-0.15, -0.1) is 0 Å². The van der Waals surface area contributed by atoms with Gasteiger partial charge in [0.05, 0.1) is 12.2 Å². The van der Waals surface area contributed by atoms with Crippen molar-refractivity contribution in [2.75, 3.05) is 17.2 Å². The standard InChI is InChI=1S/C17H17FN2O3.2H2/c1-3-23-16(21)12-4-7-14(8-5-12)19-17(22)20-15-9-6-13(18)10-11(15)2;;/h4-10H,3H2,1-2H3,(H2,19,20,22);2*1H. The van der Waals surface area contributed by atoms with Gasteiger partial charge in [-0.25, -0.2) is 14.0 Å². The monoisotopic (exact) mass is 320 g/mol. The summed E-state index contributed by atoms with van der Waals surface area (Å²) in [6.07, 6.45) is 0. The zero-order chi connectivity index (χ0) is 16.8. The third kappa shape index (κ3) is 4.54. The number of urea groups is 1. The van der Waals surface area contributed by atoms with E-state index in [1.165, 1.54) is 18.2 Å². The fourth-order valence-electron chi connectivity index (χ4n) is 1.96. The molecule has 0 atom stereocenters. The van der Waals surface area contributed by atoms with E-state index >= 15 is 0 Å². The maximum atomic E-state index is 13.0. The number of benzene rings is 2. The van der Waals surface area contributed by atoms with E-state index < -0.39 is 12.0 Å². The van der Waals surface area contributed by atoms with Crippen LogP contribution in [0.25, 0.3) is 0 Å². The summed E-state index contributed by atoms with van der Waals surface area (Å²) in [5.74, 6) is -0.770. The van der Waals surface area contributed by atoms with Gasteiger partial charge in [0.15, 0.2) is 0 Å². The highest BCUT2D eigenvalue weighted by Crippen LogP contribution is 2.16. The van der Waals surface area contributed by atoms with Gasteiger partial charge >= 0.3 is 12.0 Å². The lowest BCUT2D eigenvalue weighted by molar-refractivity contribution is 0.0526. The maximum absolute atomic E-state index is 13.0. The molecule has 0 bridgehead atoms. The summed E-state index contributed by atoms with van der Waals surface area (Å²) >= 11 is 0. The van der Waals surface area contributed by atoms with Crippen LogP contribution < -0.4 is 10.6 Å². The van der Waals surface area contributed by atoms with Crippen molar-refractivity contribution in [2.24, 2.45) is 0 Å². The fourth-order valence-corrected chi connectivity index (χ4v) is 1.96. The predicted octanol–water partition coefficient (Wildman–Crippen LogP) is 4.45. The van der Waals surface area contributed by atoms with Gasteiger partial charge in [0.25, 0.3) is 0 Å². The number of hydrogen-bond acceptors (Lipinski definition) is 3. The number of carbonyl (C=O) groups excluding carboxylic acids is 2. The molecule has 6 heteroatoms. The van der Waals surface area contributed by atoms with Crippen molar-refractivity contribution >= 4 is 23.4 Å². The van der Waals surface area contributed by atoms with Crippen LogP contribution >= 0.6 is 0 Å². The highest BCUT2D eigenvalue weighted by molar-refractivity contribution is 6.00. The lowest BCUT2D eigenvalue weighted by atomic mass is 10.2. The number of halogens is 1. The molecule has 0 saturated carbocycles. The summed E-state index contributed by atoms with van der Waals surface area (Å²) in [7, 11) is 0. The molecule has 0 aliphatic rings. The number of nitrogens with one attached hydrogen (secondary N) is 2. The molecule has 0 unspecified atom stereocenters. The summed E-state index contributed by atoms with van der Waals surface area (Å²) in [6.45, 7) is 3.74. The molecule has 2 amide bonds. The minimum atomic E-state index is -0.455. The molecule has 2 rings (SSSR count). The van der Waals surface area contributed by atoms with Gasteiger partial charge < -0.3 is 15.4 Å². The van der Waals surface area contributed by atoms with Gasteiger partial charge in [0.2, 0.25) is 0 Å². The van der Waals surface area contributed by atoms with Crippen LogP contribution in [-0.4, -0.2) is 18.6 Å². The van der Waals surface area contributed by atoms with E-state index in [9.17, 15) is 14.0 Å². The fraction of sp³-hybridized carbons (Fsp3) is 0.176. The second-order valence-electron chi connectivity index (χ2n) is 4.84. The van der Waals surface area contributed by atoms with Crippen molar-refractivity contribution in [3.8, 4) is 0 Å². The number of anilines is 2. The maximum Gasteiger partial charge on any atom is 0.338 e. The molecule has 2 N–H and O–H groups in total. The van der Waals surface area contributed by atoms with Gasteiger partial charge in [-0.05, 0) is 61.9 Å². The molecule has 23 heavy (non-hydrogen) atoms. The van der Waals surface area contributed by atoms with Crippen LogP contribution in [0.2, 0.25) is 0 Å². The summed E-state index contributed by atoms with van der Waals surface area (Å²) in [5, 5.41) is 5.27. The molecule has 2 aromatic rings. The molecule has 0 spiro atoms. The van der Waals surface area contributed by atoms with Crippen LogP contribution in [0.5, 0.6) is 0 Å². The van der Waals surface area contributed by atoms with Gasteiger partial charge in [-0.1, -0.05) is 0 Å². The molecule has 0 fully saturated rings. The van der Waals surface area contributed by atoms with Gasteiger partial charge in [0, 0.05) is 14.2 Å². The molecule has 0 radical (unpaired) electrons. The molecular formula is C17H21FN2O3. The zero-order valence-corrected chi connectivity index (χ0v) is 12.9. The van der Waals surface area contributed by atoms with E-state index in [1.807, 2.05) is 0 Å². The third-order valence-electron chi connectivity index (χ3n) is 3.09. The van der Waals surface area contributed by atoms with Crippen molar-refractivity contribution < 1.29 is 21.6 Å². The molecule has 0 aromatic heterocycles. The smallest absolute Gasteiger partial charge is 0.338 e. The third-order valence-corrected chi connectivity index (χ3v) is 3.09. The number of carbonyl (C=O) groups is 2. The largest absolute Gasteiger partial charge is 0.462 e. The summed E-state index contributed by atoms with van der Waals surface area (Å²) in [6, 6.07) is 9.98. The number of hydrogen-bond donors (Lipinski definition) is 2. The highest BCUT2D eigenvalue weighted by Gasteiger charge is 2.08. The van der Waals surface area contributed by atoms with Crippen molar-refractivity contribution in [3.63, 3.8) is 0 Å². The second kappa shape index (κ2) is 7.40. The summed E-state index contributed by atoms with van der Waals surface area (Å²) in [5.41, 5.74) is 2.08. The van der Waals surface area contributed by atoms with Crippen LogP contribution in [0.3, 0.4) is 0 Å². The molecule has 5 nitrogen and oxygen atoms in total. The lowest BCUT2D eigenvalue weighted by Gasteiger charge is -2.10. The molecule has 0 aliphatic heterocycles. The normalized spacial score (nSPS) is 10.0. The Morgan fingerprint density at radius 1 is 1.13 bits per heavy atom. The van der Waals surface area contributed by atoms with E-state index in [1.54, 1.807) is 38.1 Å². The highest BCUT2D eigenvalue weighted by atomic mass is 19.1. The summed E-state index contributed by atoms with van der Waals surface area (Å²) < 4.78 is 17.9. The van der Waals surface area contributed by atoms with E-state index in [-0.39, 0.29) is 8.67 Å². The van der Waals surface area contributed by atoms with Crippen molar-refractivity contribution in [1.29, 1.82) is 0 Å². The quantitative estimate of drug-likeness (QED) is 0.818. The molecule has 0 saturated heterocycles. The van der Waals surface area contributed by atoms with E-state index in [0.29, 0.717) is 29.1 Å². The van der Waals surface area contributed by atoms with Crippen LogP contribution in [-0.2, 0) is 4.74 Å². The van der Waals surface area contributed by atoms with Crippen LogP contribution in [0.4, 0.5) is 20.6 Å². The first-order valence-corrected chi connectivity index (χ1v) is 7.11. The van der Waals surface area contributed by atoms with Gasteiger partial charge in [-0.3, -0.25) is 0 Å². The van der Waals surface area contributed by atoms with E-state index in [0.717, 1.165) is 0 Å².